The van der Waals surface area contributed by atoms with Gasteiger partial charge >= 0.3 is 0 Å². The maximum atomic E-state index is 11.9. The highest BCUT2D eigenvalue weighted by molar-refractivity contribution is 9.10. The van der Waals surface area contributed by atoms with Crippen LogP contribution in [0.3, 0.4) is 0 Å². The summed E-state index contributed by atoms with van der Waals surface area (Å²) >= 11 is 3.38. The SMILES string of the molecule is O=C(CCCCN1CC2CC1CO2)Nc1ccc(Br)cc1. The quantitative estimate of drug-likeness (QED) is 0.800. The molecule has 21 heavy (non-hydrogen) atoms. The Morgan fingerprint density at radius 3 is 2.81 bits per heavy atom. The Morgan fingerprint density at radius 1 is 1.33 bits per heavy atom. The van der Waals surface area contributed by atoms with Gasteiger partial charge in [-0.25, -0.2) is 0 Å². The Balaban J connectivity index is 1.32. The van der Waals surface area contributed by atoms with E-state index in [-0.39, 0.29) is 5.91 Å². The number of fused-ring (bicyclic) bond motifs is 2. The van der Waals surface area contributed by atoms with E-state index in [1.165, 1.54) is 6.42 Å². The number of nitrogens with one attached hydrogen (secondary N) is 1. The zero-order chi connectivity index (χ0) is 14.7. The number of hydrogen-bond acceptors (Lipinski definition) is 3. The van der Waals surface area contributed by atoms with E-state index in [0.717, 1.165) is 42.7 Å². The summed E-state index contributed by atoms with van der Waals surface area (Å²) in [5.41, 5.74) is 0.859. The maximum absolute atomic E-state index is 11.9. The zero-order valence-electron chi connectivity index (χ0n) is 12.1. The van der Waals surface area contributed by atoms with Crippen LogP contribution in [0.25, 0.3) is 0 Å². The number of nitrogens with zero attached hydrogens (tertiary/aromatic N) is 1. The number of hydrogen-bond donors (Lipinski definition) is 1. The van der Waals surface area contributed by atoms with Gasteiger partial charge in [0, 0.05) is 29.2 Å². The molecule has 2 bridgehead atoms. The zero-order valence-corrected chi connectivity index (χ0v) is 13.6. The van der Waals surface area contributed by atoms with E-state index in [0.29, 0.717) is 18.6 Å². The molecule has 2 aliphatic heterocycles. The maximum Gasteiger partial charge on any atom is 0.224 e. The first kappa shape index (κ1) is 15.0. The summed E-state index contributed by atoms with van der Waals surface area (Å²) in [6.45, 7) is 3.07. The van der Waals surface area contributed by atoms with Gasteiger partial charge in [-0.05, 0) is 50.1 Å². The number of carbonyl (C=O) groups is 1. The van der Waals surface area contributed by atoms with Crippen molar-refractivity contribution in [3.05, 3.63) is 28.7 Å². The van der Waals surface area contributed by atoms with Crippen molar-refractivity contribution < 1.29 is 9.53 Å². The lowest BCUT2D eigenvalue weighted by Crippen LogP contribution is -2.37. The summed E-state index contributed by atoms with van der Waals surface area (Å²) in [6.07, 6.45) is 4.28. The molecule has 0 aliphatic carbocycles. The molecular formula is C16H21BrN2O2. The average Bonchev–Trinajstić information content (AvgIpc) is 3.09. The molecule has 1 N–H and O–H groups in total. The number of carbonyl (C=O) groups excluding carboxylic acids is 1. The third kappa shape index (κ3) is 4.05. The van der Waals surface area contributed by atoms with Crippen LogP contribution >= 0.6 is 15.9 Å². The molecular weight excluding hydrogens is 332 g/mol. The number of ether oxygens (including phenoxy) is 1. The Hall–Kier alpha value is -0.910. The van der Waals surface area contributed by atoms with Gasteiger partial charge in [0.1, 0.15) is 0 Å². The minimum absolute atomic E-state index is 0.101. The molecule has 5 heteroatoms. The normalized spacial score (nSPS) is 24.4. The molecule has 2 heterocycles. The predicted molar refractivity (Wildman–Crippen MR) is 86.3 cm³/mol. The molecule has 0 radical (unpaired) electrons. The number of anilines is 1. The fourth-order valence-corrected chi connectivity index (χ4v) is 3.37. The van der Waals surface area contributed by atoms with Crippen LogP contribution < -0.4 is 5.32 Å². The highest BCUT2D eigenvalue weighted by atomic mass is 79.9. The number of rotatable bonds is 6. The second-order valence-corrected chi connectivity index (χ2v) is 6.77. The van der Waals surface area contributed by atoms with E-state index in [4.69, 9.17) is 4.74 Å². The molecule has 2 aliphatic rings. The highest BCUT2D eigenvalue weighted by Crippen LogP contribution is 2.27. The number of unbranched alkanes of at least 4 members (excludes halogenated alkanes) is 1. The average molecular weight is 353 g/mol. The molecule has 1 amide bonds. The fraction of sp³-hybridized carbons (Fsp3) is 0.562. The molecule has 0 aromatic heterocycles. The van der Waals surface area contributed by atoms with Gasteiger partial charge in [0.2, 0.25) is 5.91 Å². The number of halogens is 1. The standard InChI is InChI=1S/C16H21BrN2O2/c17-12-4-6-13(7-5-12)18-16(20)3-1-2-8-19-10-15-9-14(19)11-21-15/h4-7,14-15H,1-3,8-11H2,(H,18,20). The second-order valence-electron chi connectivity index (χ2n) is 5.85. The summed E-state index contributed by atoms with van der Waals surface area (Å²) in [5.74, 6) is 0.101. The van der Waals surface area contributed by atoms with Crippen molar-refractivity contribution in [3.8, 4) is 0 Å². The minimum atomic E-state index is 0.101. The molecule has 0 spiro atoms. The smallest absolute Gasteiger partial charge is 0.224 e. The molecule has 2 unspecified atom stereocenters. The van der Waals surface area contributed by atoms with Crippen LogP contribution in [0.5, 0.6) is 0 Å². The van der Waals surface area contributed by atoms with Crippen LogP contribution in [-0.2, 0) is 9.53 Å². The van der Waals surface area contributed by atoms with Crippen LogP contribution in [0.15, 0.2) is 28.7 Å². The van der Waals surface area contributed by atoms with Gasteiger partial charge < -0.3 is 10.1 Å². The largest absolute Gasteiger partial charge is 0.375 e. The van der Waals surface area contributed by atoms with Crippen LogP contribution in [-0.4, -0.2) is 42.6 Å². The molecule has 1 aromatic rings. The summed E-state index contributed by atoms with van der Waals surface area (Å²) < 4.78 is 6.61. The van der Waals surface area contributed by atoms with Gasteiger partial charge in [-0.3, -0.25) is 9.69 Å². The van der Waals surface area contributed by atoms with E-state index in [2.05, 4.69) is 26.1 Å². The molecule has 2 saturated heterocycles. The van der Waals surface area contributed by atoms with Crippen LogP contribution in [0, 0.1) is 0 Å². The Kier molecular flexibility index (Phi) is 4.93. The Labute approximate surface area is 134 Å². The second kappa shape index (κ2) is 6.90. The topological polar surface area (TPSA) is 41.6 Å². The van der Waals surface area contributed by atoms with Crippen molar-refractivity contribution in [2.45, 2.75) is 37.8 Å². The summed E-state index contributed by atoms with van der Waals surface area (Å²) in [7, 11) is 0. The molecule has 0 saturated carbocycles. The highest BCUT2D eigenvalue weighted by Gasteiger charge is 2.38. The molecule has 3 rings (SSSR count). The lowest BCUT2D eigenvalue weighted by Gasteiger charge is -2.26. The first-order chi connectivity index (χ1) is 10.2. The van der Waals surface area contributed by atoms with Gasteiger partial charge in [-0.15, -0.1) is 0 Å². The number of amides is 1. The molecule has 2 fully saturated rings. The number of likely N-dealkylation sites (tertiary alicyclic amines) is 1. The Bertz CT molecular complexity index is 492. The fourth-order valence-electron chi connectivity index (χ4n) is 3.11. The van der Waals surface area contributed by atoms with E-state index in [1.807, 2.05) is 24.3 Å². The first-order valence-corrected chi connectivity index (χ1v) is 8.41. The van der Waals surface area contributed by atoms with E-state index < -0.39 is 0 Å². The van der Waals surface area contributed by atoms with E-state index in [9.17, 15) is 4.79 Å². The van der Waals surface area contributed by atoms with Crippen molar-refractivity contribution in [1.82, 2.24) is 4.90 Å². The van der Waals surface area contributed by atoms with Crippen LogP contribution in [0.4, 0.5) is 5.69 Å². The summed E-state index contributed by atoms with van der Waals surface area (Å²) in [6, 6.07) is 8.30. The molecule has 114 valence electrons. The monoisotopic (exact) mass is 352 g/mol. The first-order valence-electron chi connectivity index (χ1n) is 7.62. The minimum Gasteiger partial charge on any atom is -0.375 e. The molecule has 1 aromatic carbocycles. The third-order valence-electron chi connectivity index (χ3n) is 4.24. The lowest BCUT2D eigenvalue weighted by molar-refractivity contribution is -0.116. The van der Waals surface area contributed by atoms with Gasteiger partial charge in [0.05, 0.1) is 12.7 Å². The molecule has 4 nitrogen and oxygen atoms in total. The van der Waals surface area contributed by atoms with Gasteiger partial charge in [-0.2, -0.15) is 0 Å². The van der Waals surface area contributed by atoms with Crippen molar-refractivity contribution in [2.75, 3.05) is 25.0 Å². The van der Waals surface area contributed by atoms with Crippen molar-refractivity contribution in [3.63, 3.8) is 0 Å². The van der Waals surface area contributed by atoms with Gasteiger partial charge in [0.25, 0.3) is 0 Å². The molecule has 2 atom stereocenters. The van der Waals surface area contributed by atoms with E-state index >= 15 is 0 Å². The number of morpholine rings is 1. The van der Waals surface area contributed by atoms with Crippen molar-refractivity contribution in [1.29, 1.82) is 0 Å². The third-order valence-corrected chi connectivity index (χ3v) is 4.77. The Morgan fingerprint density at radius 2 is 2.14 bits per heavy atom. The van der Waals surface area contributed by atoms with Gasteiger partial charge in [-0.1, -0.05) is 15.9 Å². The van der Waals surface area contributed by atoms with Crippen molar-refractivity contribution in [2.24, 2.45) is 0 Å². The number of benzene rings is 1. The summed E-state index contributed by atoms with van der Waals surface area (Å²) in [4.78, 5) is 14.4. The van der Waals surface area contributed by atoms with E-state index in [1.54, 1.807) is 0 Å². The van der Waals surface area contributed by atoms with Crippen molar-refractivity contribution >= 4 is 27.5 Å². The lowest BCUT2D eigenvalue weighted by atomic mass is 10.2. The van der Waals surface area contributed by atoms with Gasteiger partial charge in [0.15, 0.2) is 0 Å². The van der Waals surface area contributed by atoms with Crippen LogP contribution in [0.1, 0.15) is 25.7 Å². The summed E-state index contributed by atoms with van der Waals surface area (Å²) in [5, 5.41) is 2.93. The van der Waals surface area contributed by atoms with Crippen LogP contribution in [0.2, 0.25) is 0 Å². The predicted octanol–water partition coefficient (Wildman–Crippen LogP) is 3.03.